The molecule has 1 fully saturated rings. The average Bonchev–Trinajstić information content (AvgIpc) is 3.26. The van der Waals surface area contributed by atoms with Gasteiger partial charge in [-0.25, -0.2) is 4.98 Å². The molecule has 0 saturated heterocycles. The number of fused-ring (bicyclic) bond motifs is 1. The molecule has 4 rings (SSSR count). The molecule has 2 aromatic heterocycles. The van der Waals surface area contributed by atoms with Crippen LogP contribution in [0.25, 0.3) is 16.9 Å². The molecule has 1 unspecified atom stereocenters. The molecule has 0 radical (unpaired) electrons. The molecule has 1 saturated carbocycles. The van der Waals surface area contributed by atoms with Gasteiger partial charge in [0.2, 0.25) is 0 Å². The fourth-order valence-electron chi connectivity index (χ4n) is 4.89. The molecule has 3 aromatic rings. The number of imidazole rings is 1. The molecule has 1 atom stereocenters. The van der Waals surface area contributed by atoms with Crippen molar-refractivity contribution >= 4 is 29.3 Å². The number of hydrogen-bond acceptors (Lipinski definition) is 6. The minimum absolute atomic E-state index is 0.0553. The van der Waals surface area contributed by atoms with Crippen molar-refractivity contribution in [1.29, 1.82) is 0 Å². The number of rotatable bonds is 10. The molecule has 1 aliphatic rings. The third-order valence-electron chi connectivity index (χ3n) is 6.58. The number of nitrogens with zero attached hydrogens (tertiary/aromatic N) is 2. The minimum Gasteiger partial charge on any atom is -0.481 e. The van der Waals surface area contributed by atoms with Crippen molar-refractivity contribution in [2.24, 2.45) is 5.92 Å². The first-order valence-electron chi connectivity index (χ1n) is 12.5. The van der Waals surface area contributed by atoms with Crippen LogP contribution in [0.1, 0.15) is 55.8 Å². The Morgan fingerprint density at radius 1 is 1.11 bits per heavy atom. The number of esters is 1. The highest BCUT2D eigenvalue weighted by Crippen LogP contribution is 2.31. The summed E-state index contributed by atoms with van der Waals surface area (Å²) in [6.07, 6.45) is 6.70. The number of ether oxygens (including phenoxy) is 1. The first-order chi connectivity index (χ1) is 17.5. The first kappa shape index (κ1) is 25.2. The Hall–Kier alpha value is -3.88. The standard InChI is InChI=1S/C27H32N4O5/c1-2-36-23(34)17-28-26-24(19-12-7-4-8-13-19)30-25-20(14-9-15-31(25)26)27(35)29-21(16-22(32)33)18-10-5-3-6-11-18/h4,7-9,12-15,18,21,28H,2-3,5-6,10-11,16-17H2,1H3,(H,29,35)(H,32,33). The Bertz CT molecular complexity index is 1220. The van der Waals surface area contributed by atoms with Crippen LogP contribution in [0.2, 0.25) is 0 Å². The summed E-state index contributed by atoms with van der Waals surface area (Å²) in [5.74, 6) is -0.988. The van der Waals surface area contributed by atoms with Gasteiger partial charge in [-0.2, -0.15) is 0 Å². The smallest absolute Gasteiger partial charge is 0.325 e. The lowest BCUT2D eigenvalue weighted by Crippen LogP contribution is -2.42. The van der Waals surface area contributed by atoms with Crippen LogP contribution < -0.4 is 10.6 Å². The van der Waals surface area contributed by atoms with Crippen molar-refractivity contribution < 1.29 is 24.2 Å². The van der Waals surface area contributed by atoms with Crippen molar-refractivity contribution in [3.05, 3.63) is 54.2 Å². The summed E-state index contributed by atoms with van der Waals surface area (Å²) in [5.41, 5.74) is 2.17. The molecular weight excluding hydrogens is 460 g/mol. The van der Waals surface area contributed by atoms with E-state index in [2.05, 4.69) is 10.6 Å². The van der Waals surface area contributed by atoms with E-state index in [0.29, 0.717) is 22.7 Å². The molecule has 9 nitrogen and oxygen atoms in total. The van der Waals surface area contributed by atoms with E-state index in [-0.39, 0.29) is 31.4 Å². The Labute approximate surface area is 209 Å². The molecule has 3 N–H and O–H groups in total. The van der Waals surface area contributed by atoms with Crippen LogP contribution in [0.5, 0.6) is 0 Å². The van der Waals surface area contributed by atoms with Gasteiger partial charge < -0.3 is 20.5 Å². The SMILES string of the molecule is CCOC(=O)CNc1c(-c2ccccc2)nc2c(C(=O)NC(CC(=O)O)C3CCCCC3)cccn12. The number of benzene rings is 1. The molecule has 0 bridgehead atoms. The monoisotopic (exact) mass is 492 g/mol. The number of hydrogen-bond donors (Lipinski definition) is 3. The zero-order valence-electron chi connectivity index (χ0n) is 20.4. The summed E-state index contributed by atoms with van der Waals surface area (Å²) in [5, 5.41) is 15.6. The van der Waals surface area contributed by atoms with Gasteiger partial charge in [-0.3, -0.25) is 18.8 Å². The Morgan fingerprint density at radius 3 is 2.56 bits per heavy atom. The Kier molecular flexibility index (Phi) is 8.20. The fraction of sp³-hybridized carbons (Fsp3) is 0.407. The maximum Gasteiger partial charge on any atom is 0.325 e. The van der Waals surface area contributed by atoms with Crippen molar-refractivity contribution in [3.63, 3.8) is 0 Å². The topological polar surface area (TPSA) is 122 Å². The number of aromatic nitrogens is 2. The predicted molar refractivity (Wildman–Crippen MR) is 136 cm³/mol. The van der Waals surface area contributed by atoms with Crippen LogP contribution >= 0.6 is 0 Å². The highest BCUT2D eigenvalue weighted by Gasteiger charge is 2.29. The van der Waals surface area contributed by atoms with E-state index in [1.54, 1.807) is 29.7 Å². The van der Waals surface area contributed by atoms with Gasteiger partial charge in [0.15, 0.2) is 5.65 Å². The summed E-state index contributed by atoms with van der Waals surface area (Å²) in [6, 6.07) is 12.5. The van der Waals surface area contributed by atoms with Crippen LogP contribution in [0.3, 0.4) is 0 Å². The molecular formula is C27H32N4O5. The van der Waals surface area contributed by atoms with Gasteiger partial charge in [-0.15, -0.1) is 0 Å². The van der Waals surface area contributed by atoms with E-state index in [1.165, 1.54) is 0 Å². The zero-order chi connectivity index (χ0) is 25.5. The third kappa shape index (κ3) is 5.84. The highest BCUT2D eigenvalue weighted by atomic mass is 16.5. The van der Waals surface area contributed by atoms with Crippen molar-refractivity contribution in [1.82, 2.24) is 14.7 Å². The molecule has 9 heteroatoms. The molecule has 36 heavy (non-hydrogen) atoms. The van der Waals surface area contributed by atoms with Gasteiger partial charge in [0.1, 0.15) is 18.1 Å². The Balaban J connectivity index is 1.69. The van der Waals surface area contributed by atoms with Crippen molar-refractivity contribution in [2.75, 3.05) is 18.5 Å². The normalized spacial score (nSPS) is 14.8. The van der Waals surface area contributed by atoms with Crippen molar-refractivity contribution in [3.8, 4) is 11.3 Å². The van der Waals surface area contributed by atoms with Gasteiger partial charge in [0.05, 0.1) is 18.6 Å². The summed E-state index contributed by atoms with van der Waals surface area (Å²) >= 11 is 0. The van der Waals surface area contributed by atoms with E-state index in [9.17, 15) is 19.5 Å². The summed E-state index contributed by atoms with van der Waals surface area (Å²) in [6.45, 7) is 1.97. The maximum absolute atomic E-state index is 13.4. The summed E-state index contributed by atoms with van der Waals surface area (Å²) in [7, 11) is 0. The van der Waals surface area contributed by atoms with Gasteiger partial charge in [-0.1, -0.05) is 49.6 Å². The fourth-order valence-corrected chi connectivity index (χ4v) is 4.89. The lowest BCUT2D eigenvalue weighted by atomic mass is 9.82. The van der Waals surface area contributed by atoms with Crippen LogP contribution in [-0.4, -0.2) is 51.5 Å². The number of nitrogens with one attached hydrogen (secondary N) is 2. The minimum atomic E-state index is -0.929. The second kappa shape index (κ2) is 11.7. The molecule has 2 heterocycles. The zero-order valence-corrected chi connectivity index (χ0v) is 20.4. The largest absolute Gasteiger partial charge is 0.481 e. The molecule has 1 aromatic carbocycles. The van der Waals surface area contributed by atoms with Gasteiger partial charge in [-0.05, 0) is 37.8 Å². The second-order valence-corrected chi connectivity index (χ2v) is 9.02. The van der Waals surface area contributed by atoms with Crippen LogP contribution in [0, 0.1) is 5.92 Å². The quantitative estimate of drug-likeness (QED) is 0.364. The van der Waals surface area contributed by atoms with Gasteiger partial charge in [0, 0.05) is 17.8 Å². The van der Waals surface area contributed by atoms with E-state index in [1.807, 2.05) is 30.3 Å². The molecule has 1 amide bonds. The summed E-state index contributed by atoms with van der Waals surface area (Å²) in [4.78, 5) is 41.8. The number of anilines is 1. The van der Waals surface area contributed by atoms with Crippen LogP contribution in [-0.2, 0) is 14.3 Å². The molecule has 0 aliphatic heterocycles. The van der Waals surface area contributed by atoms with Gasteiger partial charge in [0.25, 0.3) is 5.91 Å². The average molecular weight is 493 g/mol. The molecule has 0 spiro atoms. The van der Waals surface area contributed by atoms with E-state index in [0.717, 1.165) is 37.7 Å². The number of carbonyl (C=O) groups excluding carboxylic acids is 2. The van der Waals surface area contributed by atoms with E-state index >= 15 is 0 Å². The lowest BCUT2D eigenvalue weighted by molar-refractivity contribution is -0.141. The van der Waals surface area contributed by atoms with E-state index in [4.69, 9.17) is 9.72 Å². The molecule has 1 aliphatic carbocycles. The number of pyridine rings is 1. The highest BCUT2D eigenvalue weighted by molar-refractivity contribution is 6.01. The number of amides is 1. The van der Waals surface area contributed by atoms with Crippen LogP contribution in [0.15, 0.2) is 48.7 Å². The number of aliphatic carboxylic acids is 1. The Morgan fingerprint density at radius 2 is 1.86 bits per heavy atom. The number of carboxylic acids is 1. The molecule has 190 valence electrons. The maximum atomic E-state index is 13.4. The van der Waals surface area contributed by atoms with Crippen molar-refractivity contribution in [2.45, 2.75) is 51.5 Å². The second-order valence-electron chi connectivity index (χ2n) is 9.02. The first-order valence-corrected chi connectivity index (χ1v) is 12.5. The third-order valence-corrected chi connectivity index (χ3v) is 6.58. The van der Waals surface area contributed by atoms with Gasteiger partial charge >= 0.3 is 11.9 Å². The predicted octanol–water partition coefficient (Wildman–Crippen LogP) is 4.13. The van der Waals surface area contributed by atoms with E-state index < -0.39 is 18.0 Å². The summed E-state index contributed by atoms with van der Waals surface area (Å²) < 4.78 is 6.79. The number of carboxylic acid groups (broad SMARTS) is 1. The van der Waals surface area contributed by atoms with Crippen LogP contribution in [0.4, 0.5) is 5.82 Å². The lowest BCUT2D eigenvalue weighted by Gasteiger charge is -2.30. The number of carbonyl (C=O) groups is 3.